The molecule has 0 saturated heterocycles. The summed E-state index contributed by atoms with van der Waals surface area (Å²) in [6, 6.07) is 0. The van der Waals surface area contributed by atoms with E-state index in [1.165, 1.54) is 0 Å². The predicted molar refractivity (Wildman–Crippen MR) is 77.8 cm³/mol. The molecule has 1 saturated carbocycles. The monoisotopic (exact) mass is 301 g/mol. The molecule has 0 atom stereocenters. The van der Waals surface area contributed by atoms with Gasteiger partial charge in [-0.1, -0.05) is 0 Å². The molecule has 0 radical (unpaired) electrons. The number of carbonyl (C=O) groups is 2. The van der Waals surface area contributed by atoms with Crippen molar-refractivity contribution in [3.8, 4) is 0 Å². The van der Waals surface area contributed by atoms with E-state index in [9.17, 15) is 14.7 Å². The Bertz CT molecular complexity index is 394. The zero-order valence-electron chi connectivity index (χ0n) is 13.8. The Hall–Kier alpha value is -1.30. The molecule has 1 aliphatic rings. The minimum atomic E-state index is -1.06. The first kappa shape index (κ1) is 17.8. The summed E-state index contributed by atoms with van der Waals surface area (Å²) in [4.78, 5) is 23.3. The highest BCUT2D eigenvalue weighted by molar-refractivity contribution is 5.74. The van der Waals surface area contributed by atoms with Gasteiger partial charge in [0, 0.05) is 6.54 Å². The van der Waals surface area contributed by atoms with Crippen molar-refractivity contribution in [2.75, 3.05) is 6.54 Å². The molecule has 6 nitrogen and oxygen atoms in total. The number of nitrogens with one attached hydrogen (secondary N) is 1. The van der Waals surface area contributed by atoms with E-state index in [2.05, 4.69) is 5.32 Å². The second-order valence-corrected chi connectivity index (χ2v) is 7.72. The van der Waals surface area contributed by atoms with Gasteiger partial charge in [-0.25, -0.2) is 4.79 Å². The average Bonchev–Trinajstić information content (AvgIpc) is 2.17. The number of carbonyl (C=O) groups excluding carboxylic acids is 2. The molecule has 2 N–H and O–H groups in total. The molecule has 122 valence electrons. The lowest BCUT2D eigenvalue weighted by Gasteiger charge is -2.43. The number of alkyl carbamates (subject to hydrolysis) is 1. The molecular weight excluding hydrogens is 274 g/mol. The zero-order valence-corrected chi connectivity index (χ0v) is 13.8. The minimum Gasteiger partial charge on any atom is -0.460 e. The first-order valence-corrected chi connectivity index (χ1v) is 7.22. The molecule has 6 heteroatoms. The van der Waals surface area contributed by atoms with Gasteiger partial charge in [-0.05, 0) is 54.4 Å². The molecular formula is C15H27NO5. The van der Waals surface area contributed by atoms with Crippen molar-refractivity contribution >= 4 is 12.1 Å². The third-order valence-electron chi connectivity index (χ3n) is 2.95. The van der Waals surface area contributed by atoms with Crippen LogP contribution in [0.1, 0.15) is 54.4 Å². The van der Waals surface area contributed by atoms with E-state index in [4.69, 9.17) is 9.47 Å². The van der Waals surface area contributed by atoms with Crippen LogP contribution in [0.3, 0.4) is 0 Å². The van der Waals surface area contributed by atoms with Crippen LogP contribution >= 0.6 is 0 Å². The summed E-state index contributed by atoms with van der Waals surface area (Å²) < 4.78 is 10.4. The van der Waals surface area contributed by atoms with Gasteiger partial charge in [0.15, 0.2) is 0 Å². The smallest absolute Gasteiger partial charge is 0.407 e. The summed E-state index contributed by atoms with van der Waals surface area (Å²) in [6.07, 6.45) is 0.00624. The SMILES string of the molecule is CC(C)(C)OC(=O)NCC1(O)CC(C(=O)OC(C)(C)C)C1. The van der Waals surface area contributed by atoms with Crippen LogP contribution in [0.4, 0.5) is 4.79 Å². The normalized spacial score (nSPS) is 25.8. The Morgan fingerprint density at radius 3 is 2.00 bits per heavy atom. The van der Waals surface area contributed by atoms with Crippen LogP contribution in [0.15, 0.2) is 0 Å². The summed E-state index contributed by atoms with van der Waals surface area (Å²) in [5.41, 5.74) is -2.16. The second-order valence-electron chi connectivity index (χ2n) is 7.72. The number of ether oxygens (including phenoxy) is 2. The number of rotatable bonds is 3. The Balaban J connectivity index is 2.34. The number of amides is 1. The number of esters is 1. The summed E-state index contributed by atoms with van der Waals surface area (Å²) in [5, 5.41) is 12.7. The van der Waals surface area contributed by atoms with E-state index >= 15 is 0 Å². The molecule has 0 aromatic rings. The number of aliphatic hydroxyl groups is 1. The first-order valence-electron chi connectivity index (χ1n) is 7.22. The standard InChI is InChI=1S/C15H27NO5/c1-13(2,3)20-11(17)10-7-15(19,8-10)9-16-12(18)21-14(4,5)6/h10,19H,7-9H2,1-6H3,(H,16,18). The Kier molecular flexibility index (Phi) is 4.93. The van der Waals surface area contributed by atoms with Crippen molar-refractivity contribution in [3.05, 3.63) is 0 Å². The largest absolute Gasteiger partial charge is 0.460 e. The van der Waals surface area contributed by atoms with Crippen molar-refractivity contribution < 1.29 is 24.2 Å². The van der Waals surface area contributed by atoms with Crippen LogP contribution in [0.5, 0.6) is 0 Å². The molecule has 1 amide bonds. The molecule has 21 heavy (non-hydrogen) atoms. The van der Waals surface area contributed by atoms with Crippen molar-refractivity contribution in [2.45, 2.75) is 71.2 Å². The Labute approximate surface area is 126 Å². The van der Waals surface area contributed by atoms with Gasteiger partial charge in [-0.3, -0.25) is 4.79 Å². The molecule has 0 heterocycles. The zero-order chi connectivity index (χ0) is 16.5. The molecule has 0 aromatic heterocycles. The maximum Gasteiger partial charge on any atom is 0.407 e. The van der Waals surface area contributed by atoms with Crippen molar-refractivity contribution in [3.63, 3.8) is 0 Å². The number of hydrogen-bond donors (Lipinski definition) is 2. The maximum absolute atomic E-state index is 11.8. The molecule has 0 spiro atoms. The molecule has 0 aromatic carbocycles. The van der Waals surface area contributed by atoms with E-state index < -0.39 is 22.9 Å². The minimum absolute atomic E-state index is 0.0706. The van der Waals surface area contributed by atoms with Crippen molar-refractivity contribution in [1.82, 2.24) is 5.32 Å². The van der Waals surface area contributed by atoms with Gasteiger partial charge in [0.1, 0.15) is 11.2 Å². The van der Waals surface area contributed by atoms with Gasteiger partial charge in [0.25, 0.3) is 0 Å². The van der Waals surface area contributed by atoms with Crippen LogP contribution < -0.4 is 5.32 Å². The van der Waals surface area contributed by atoms with Crippen LogP contribution in [0, 0.1) is 5.92 Å². The quantitative estimate of drug-likeness (QED) is 0.779. The van der Waals surface area contributed by atoms with Crippen molar-refractivity contribution in [1.29, 1.82) is 0 Å². The molecule has 0 unspecified atom stereocenters. The number of hydrogen-bond acceptors (Lipinski definition) is 5. The molecule has 1 fully saturated rings. The van der Waals surface area contributed by atoms with Gasteiger partial charge >= 0.3 is 12.1 Å². The van der Waals surface area contributed by atoms with E-state index in [0.717, 1.165) is 0 Å². The van der Waals surface area contributed by atoms with Gasteiger partial charge in [-0.2, -0.15) is 0 Å². The van der Waals surface area contributed by atoms with Crippen LogP contribution in [0.2, 0.25) is 0 Å². The highest BCUT2D eigenvalue weighted by Gasteiger charge is 2.47. The molecule has 0 bridgehead atoms. The van der Waals surface area contributed by atoms with E-state index in [1.807, 2.05) is 0 Å². The van der Waals surface area contributed by atoms with Crippen LogP contribution in [0.25, 0.3) is 0 Å². The van der Waals surface area contributed by atoms with E-state index in [1.54, 1.807) is 41.5 Å². The predicted octanol–water partition coefficient (Wildman–Crippen LogP) is 1.99. The fraction of sp³-hybridized carbons (Fsp3) is 0.867. The lowest BCUT2D eigenvalue weighted by atomic mass is 9.71. The molecule has 1 rings (SSSR count). The first-order chi connectivity index (χ1) is 9.30. The van der Waals surface area contributed by atoms with Gasteiger partial charge in [0.05, 0.1) is 11.5 Å². The second kappa shape index (κ2) is 5.83. The van der Waals surface area contributed by atoms with Crippen LogP contribution in [-0.2, 0) is 14.3 Å². The summed E-state index contributed by atoms with van der Waals surface area (Å²) >= 11 is 0. The van der Waals surface area contributed by atoms with Crippen molar-refractivity contribution in [2.24, 2.45) is 5.92 Å². The van der Waals surface area contributed by atoms with Gasteiger partial charge < -0.3 is 19.9 Å². The molecule has 1 aliphatic carbocycles. The molecule has 0 aliphatic heterocycles. The topological polar surface area (TPSA) is 84.9 Å². The van der Waals surface area contributed by atoms with E-state index in [0.29, 0.717) is 0 Å². The highest BCUT2D eigenvalue weighted by atomic mass is 16.6. The Morgan fingerprint density at radius 1 is 1.10 bits per heavy atom. The fourth-order valence-corrected chi connectivity index (χ4v) is 2.10. The maximum atomic E-state index is 11.8. The average molecular weight is 301 g/mol. The lowest BCUT2D eigenvalue weighted by Crippen LogP contribution is -2.55. The van der Waals surface area contributed by atoms with Crippen LogP contribution in [-0.4, -0.2) is 40.5 Å². The van der Waals surface area contributed by atoms with Gasteiger partial charge in [-0.15, -0.1) is 0 Å². The summed E-state index contributed by atoms with van der Waals surface area (Å²) in [5.74, 6) is -0.612. The Morgan fingerprint density at radius 2 is 1.57 bits per heavy atom. The third kappa shape index (κ3) is 6.33. The fourth-order valence-electron chi connectivity index (χ4n) is 2.10. The highest BCUT2D eigenvalue weighted by Crippen LogP contribution is 2.38. The summed E-state index contributed by atoms with van der Waals surface area (Å²) in [7, 11) is 0. The van der Waals surface area contributed by atoms with E-state index in [-0.39, 0.29) is 31.3 Å². The summed E-state index contributed by atoms with van der Waals surface area (Å²) in [6.45, 7) is 10.8. The van der Waals surface area contributed by atoms with Gasteiger partial charge in [0.2, 0.25) is 0 Å². The lowest BCUT2D eigenvalue weighted by molar-refractivity contribution is -0.174. The third-order valence-corrected chi connectivity index (χ3v) is 2.95.